The van der Waals surface area contributed by atoms with E-state index in [0.717, 1.165) is 0 Å². The van der Waals surface area contributed by atoms with Gasteiger partial charge in [-0.05, 0) is 38.0 Å². The number of nitro benzene ring substituents is 1. The predicted molar refractivity (Wildman–Crippen MR) is 74.1 cm³/mol. The van der Waals surface area contributed by atoms with Gasteiger partial charge in [-0.15, -0.1) is 5.10 Å². The second kappa shape index (κ2) is 5.54. The number of nitriles is 1. The molecule has 0 aliphatic carbocycles. The van der Waals surface area contributed by atoms with E-state index in [4.69, 9.17) is 4.74 Å². The van der Waals surface area contributed by atoms with Crippen LogP contribution in [0, 0.1) is 42.2 Å². The third-order valence-corrected chi connectivity index (χ3v) is 3.11. The van der Waals surface area contributed by atoms with E-state index < -0.39 is 4.92 Å². The van der Waals surface area contributed by atoms with E-state index >= 15 is 0 Å². The Labute approximate surface area is 121 Å². The number of nitro groups is 1. The van der Waals surface area contributed by atoms with Crippen LogP contribution >= 0.6 is 0 Å². The average Bonchev–Trinajstić information content (AvgIpc) is 2.45. The van der Waals surface area contributed by atoms with Crippen LogP contribution in [-0.4, -0.2) is 15.1 Å². The van der Waals surface area contributed by atoms with Crippen LogP contribution in [0.3, 0.4) is 0 Å². The molecule has 2 rings (SSSR count). The Kier molecular flexibility index (Phi) is 3.80. The van der Waals surface area contributed by atoms with Gasteiger partial charge in [0.2, 0.25) is 0 Å². The van der Waals surface area contributed by atoms with Gasteiger partial charge >= 0.3 is 0 Å². The molecule has 7 nitrogen and oxygen atoms in total. The molecule has 0 N–H and O–H groups in total. The van der Waals surface area contributed by atoms with Crippen LogP contribution in [-0.2, 0) is 0 Å². The number of rotatable bonds is 3. The highest BCUT2D eigenvalue weighted by Crippen LogP contribution is 2.29. The maximum atomic E-state index is 10.7. The molecule has 106 valence electrons. The van der Waals surface area contributed by atoms with Gasteiger partial charge in [0.1, 0.15) is 17.4 Å². The van der Waals surface area contributed by atoms with Gasteiger partial charge in [-0.1, -0.05) is 0 Å². The molecule has 0 bridgehead atoms. The van der Waals surface area contributed by atoms with Crippen molar-refractivity contribution in [3.63, 3.8) is 0 Å². The fourth-order valence-electron chi connectivity index (χ4n) is 1.76. The van der Waals surface area contributed by atoms with Crippen LogP contribution in [0.5, 0.6) is 11.6 Å². The van der Waals surface area contributed by atoms with Gasteiger partial charge < -0.3 is 4.74 Å². The first-order valence-electron chi connectivity index (χ1n) is 6.11. The van der Waals surface area contributed by atoms with Gasteiger partial charge in [-0.25, -0.2) is 0 Å². The zero-order valence-corrected chi connectivity index (χ0v) is 11.7. The molecular weight excluding hydrogens is 272 g/mol. The fourth-order valence-corrected chi connectivity index (χ4v) is 1.76. The first kappa shape index (κ1) is 14.4. The summed E-state index contributed by atoms with van der Waals surface area (Å²) in [5, 5.41) is 27.7. The highest BCUT2D eigenvalue weighted by molar-refractivity contribution is 5.49. The molecule has 0 unspecified atom stereocenters. The van der Waals surface area contributed by atoms with Crippen LogP contribution < -0.4 is 4.74 Å². The molecule has 0 amide bonds. The molecule has 21 heavy (non-hydrogen) atoms. The normalized spacial score (nSPS) is 10.0. The quantitative estimate of drug-likeness (QED) is 0.634. The maximum absolute atomic E-state index is 10.7. The van der Waals surface area contributed by atoms with E-state index in [-0.39, 0.29) is 11.6 Å². The van der Waals surface area contributed by atoms with Crippen molar-refractivity contribution in [2.24, 2.45) is 0 Å². The molecule has 1 aromatic carbocycles. The summed E-state index contributed by atoms with van der Waals surface area (Å²) in [5.41, 5.74) is 2.21. The first-order valence-corrected chi connectivity index (χ1v) is 6.11. The number of benzene rings is 1. The minimum atomic E-state index is -0.479. The van der Waals surface area contributed by atoms with Crippen molar-refractivity contribution >= 4 is 5.69 Å². The van der Waals surface area contributed by atoms with Crippen molar-refractivity contribution in [2.75, 3.05) is 0 Å². The maximum Gasteiger partial charge on any atom is 0.269 e. The van der Waals surface area contributed by atoms with Gasteiger partial charge in [0, 0.05) is 12.1 Å². The van der Waals surface area contributed by atoms with Crippen molar-refractivity contribution in [1.82, 2.24) is 10.2 Å². The standard InChI is InChI=1S/C14H12N4O3/c1-8-6-11(18(19)20)4-5-13(8)21-14-12(7-15)9(2)10(3)16-17-14/h4-6H,1-3H3. The molecule has 0 aliphatic heterocycles. The highest BCUT2D eigenvalue weighted by atomic mass is 16.6. The number of nitrogens with zero attached hydrogens (tertiary/aromatic N) is 4. The predicted octanol–water partition coefficient (Wildman–Crippen LogP) is 2.97. The number of non-ortho nitro benzene ring substituents is 1. The van der Waals surface area contributed by atoms with E-state index in [9.17, 15) is 15.4 Å². The Morgan fingerprint density at radius 1 is 1.29 bits per heavy atom. The van der Waals surface area contributed by atoms with Gasteiger partial charge in [0.05, 0.1) is 10.6 Å². The van der Waals surface area contributed by atoms with Crippen molar-refractivity contribution in [1.29, 1.82) is 5.26 Å². The van der Waals surface area contributed by atoms with E-state index in [1.807, 2.05) is 6.07 Å². The van der Waals surface area contributed by atoms with Crippen LogP contribution in [0.1, 0.15) is 22.4 Å². The Balaban J connectivity index is 2.42. The molecule has 0 aliphatic rings. The van der Waals surface area contributed by atoms with Crippen LogP contribution in [0.2, 0.25) is 0 Å². The Morgan fingerprint density at radius 2 is 2.00 bits per heavy atom. The molecule has 1 heterocycles. The average molecular weight is 284 g/mol. The Bertz CT molecular complexity index is 766. The van der Waals surface area contributed by atoms with Crippen molar-refractivity contribution in [2.45, 2.75) is 20.8 Å². The zero-order chi connectivity index (χ0) is 15.6. The number of aryl methyl sites for hydroxylation is 2. The smallest absolute Gasteiger partial charge is 0.269 e. The van der Waals surface area contributed by atoms with Crippen LogP contribution in [0.25, 0.3) is 0 Å². The van der Waals surface area contributed by atoms with E-state index in [1.54, 1.807) is 20.8 Å². The van der Waals surface area contributed by atoms with Crippen molar-refractivity contribution in [3.05, 3.63) is 50.7 Å². The van der Waals surface area contributed by atoms with Gasteiger partial charge in [-0.2, -0.15) is 10.4 Å². The largest absolute Gasteiger partial charge is 0.436 e. The van der Waals surface area contributed by atoms with Gasteiger partial charge in [-0.3, -0.25) is 10.1 Å². The number of aromatic nitrogens is 2. The van der Waals surface area contributed by atoms with Crippen molar-refractivity contribution in [3.8, 4) is 17.7 Å². The summed E-state index contributed by atoms with van der Waals surface area (Å²) < 4.78 is 5.58. The van der Waals surface area contributed by atoms with Crippen LogP contribution in [0.15, 0.2) is 18.2 Å². The van der Waals surface area contributed by atoms with E-state index in [2.05, 4.69) is 10.2 Å². The fraction of sp³-hybridized carbons (Fsp3) is 0.214. The Hall–Kier alpha value is -3.01. The molecule has 2 aromatic rings. The summed E-state index contributed by atoms with van der Waals surface area (Å²) in [6.45, 7) is 5.20. The summed E-state index contributed by atoms with van der Waals surface area (Å²) in [6.07, 6.45) is 0. The van der Waals surface area contributed by atoms with Gasteiger partial charge in [0.15, 0.2) is 0 Å². The number of hydrogen-bond acceptors (Lipinski definition) is 6. The minimum absolute atomic E-state index is 0.0217. The number of ether oxygens (including phenoxy) is 1. The molecule has 0 saturated carbocycles. The highest BCUT2D eigenvalue weighted by Gasteiger charge is 2.15. The third kappa shape index (κ3) is 2.79. The van der Waals surface area contributed by atoms with E-state index in [1.165, 1.54) is 18.2 Å². The van der Waals surface area contributed by atoms with Crippen molar-refractivity contribution < 1.29 is 9.66 Å². The minimum Gasteiger partial charge on any atom is -0.436 e. The molecular formula is C14H12N4O3. The van der Waals surface area contributed by atoms with Gasteiger partial charge in [0.25, 0.3) is 11.6 Å². The summed E-state index contributed by atoms with van der Waals surface area (Å²) in [5.74, 6) is 0.493. The number of hydrogen-bond donors (Lipinski definition) is 0. The monoisotopic (exact) mass is 284 g/mol. The van der Waals surface area contributed by atoms with E-state index in [0.29, 0.717) is 28.1 Å². The molecule has 0 fully saturated rings. The SMILES string of the molecule is Cc1cc([N+](=O)[O-])ccc1Oc1nnc(C)c(C)c1C#N. The molecule has 0 atom stereocenters. The second-order valence-corrected chi connectivity index (χ2v) is 4.51. The lowest BCUT2D eigenvalue weighted by molar-refractivity contribution is -0.384. The molecule has 0 saturated heterocycles. The third-order valence-electron chi connectivity index (χ3n) is 3.11. The second-order valence-electron chi connectivity index (χ2n) is 4.51. The lowest BCUT2D eigenvalue weighted by Crippen LogP contribution is -2.01. The summed E-state index contributed by atoms with van der Waals surface area (Å²) >= 11 is 0. The first-order chi connectivity index (χ1) is 9.93. The Morgan fingerprint density at radius 3 is 2.57 bits per heavy atom. The topological polar surface area (TPSA) is 102 Å². The lowest BCUT2D eigenvalue weighted by atomic mass is 10.1. The summed E-state index contributed by atoms with van der Waals surface area (Å²) in [4.78, 5) is 10.2. The zero-order valence-electron chi connectivity index (χ0n) is 11.7. The molecule has 7 heteroatoms. The van der Waals surface area contributed by atoms with Crippen LogP contribution in [0.4, 0.5) is 5.69 Å². The summed E-state index contributed by atoms with van der Waals surface area (Å²) in [6, 6.07) is 6.25. The lowest BCUT2D eigenvalue weighted by Gasteiger charge is -2.10. The molecule has 0 radical (unpaired) electrons. The summed E-state index contributed by atoms with van der Waals surface area (Å²) in [7, 11) is 0. The molecule has 1 aromatic heterocycles. The molecule has 0 spiro atoms.